The molecule has 0 aliphatic rings. The lowest BCUT2D eigenvalue weighted by atomic mass is 10.0. The van der Waals surface area contributed by atoms with Crippen LogP contribution in [0.3, 0.4) is 0 Å². The van der Waals surface area contributed by atoms with Crippen molar-refractivity contribution in [2.24, 2.45) is 0 Å². The molecule has 2 aromatic heterocycles. The fourth-order valence-electron chi connectivity index (χ4n) is 7.36. The van der Waals surface area contributed by atoms with E-state index in [2.05, 4.69) is 72.0 Å². The van der Waals surface area contributed by atoms with E-state index in [-0.39, 0.29) is 34.0 Å². The van der Waals surface area contributed by atoms with E-state index in [4.69, 9.17) is 9.47 Å². The molecule has 314 valence electrons. The third kappa shape index (κ3) is 33.0. The van der Waals surface area contributed by atoms with Gasteiger partial charge in [0.25, 0.3) is 0 Å². The molecule has 2 rings (SSSR count). The molecule has 0 unspecified atom stereocenters. The summed E-state index contributed by atoms with van der Waals surface area (Å²) in [6.07, 6.45) is 52.7. The van der Waals surface area contributed by atoms with Crippen LogP contribution in [0.4, 0.5) is 0 Å². The zero-order valence-electron chi connectivity index (χ0n) is 35.5. The minimum Gasteiger partial charge on any atom is -1.00 e. The summed E-state index contributed by atoms with van der Waals surface area (Å²) in [6.45, 7) is 8.37. The number of unbranched alkanes of at least 4 members (excludes halogenated alkanes) is 29. The van der Waals surface area contributed by atoms with E-state index >= 15 is 0 Å². The topological polar surface area (TPSA) is 26.2 Å². The third-order valence-corrected chi connectivity index (χ3v) is 10.8. The van der Waals surface area contributed by atoms with Gasteiger partial charge in [0, 0.05) is 25.0 Å². The number of ether oxygens (including phenoxy) is 2. The molecular formula is C48H86Br2N2O2. The normalized spacial score (nSPS) is 10.9. The van der Waals surface area contributed by atoms with Gasteiger partial charge in [0.1, 0.15) is 13.1 Å². The Kier molecular flexibility index (Phi) is 40.6. The fraction of sp³-hybridized carbons (Fsp3) is 0.792. The molecule has 0 aromatic carbocycles. The van der Waals surface area contributed by atoms with Crippen molar-refractivity contribution in [3.05, 3.63) is 49.1 Å². The Hall–Kier alpha value is -1.14. The second-order valence-corrected chi connectivity index (χ2v) is 15.9. The van der Waals surface area contributed by atoms with Gasteiger partial charge in [-0.15, -0.1) is 0 Å². The van der Waals surface area contributed by atoms with E-state index in [1.807, 2.05) is 0 Å². The average molecular weight is 883 g/mol. The molecule has 4 nitrogen and oxygen atoms in total. The Morgan fingerprint density at radius 1 is 0.352 bits per heavy atom. The quantitative estimate of drug-likeness (QED) is 0.0500. The highest BCUT2D eigenvalue weighted by Gasteiger charge is 2.06. The maximum atomic E-state index is 6.09. The molecule has 54 heavy (non-hydrogen) atoms. The van der Waals surface area contributed by atoms with Crippen molar-refractivity contribution in [1.82, 2.24) is 0 Å². The molecule has 6 heteroatoms. The van der Waals surface area contributed by atoms with Crippen LogP contribution in [0.25, 0.3) is 0 Å². The number of aromatic nitrogens is 2. The van der Waals surface area contributed by atoms with E-state index in [9.17, 15) is 0 Å². The average Bonchev–Trinajstić information content (AvgIpc) is 3.16. The van der Waals surface area contributed by atoms with Crippen LogP contribution in [0, 0.1) is 0 Å². The van der Waals surface area contributed by atoms with Crippen molar-refractivity contribution in [2.45, 2.75) is 232 Å². The summed E-state index contributed by atoms with van der Waals surface area (Å²) in [5.74, 6) is 2.00. The van der Waals surface area contributed by atoms with Gasteiger partial charge in [0.2, 0.25) is 12.4 Å². The molecule has 0 amide bonds. The molecule has 0 bridgehead atoms. The standard InChI is InChI=1S/C48H86N2O2.2BrH/c1-3-5-7-9-11-13-15-17-19-21-23-25-27-31-39-49-41-35-37-47(45-49)51-43-33-29-30-34-44-52-48-38-36-42-50(46-48)40-32-28-26-24-22-20-18-16-14-12-10-8-6-4-2;;/h35-38,41-42,45-46H,3-34,39-40,43-44H2,1-2H3;2*1H/q+2;;/p-2. The molecular weight excluding hydrogens is 796 g/mol. The Balaban J connectivity index is 0.0000140. The van der Waals surface area contributed by atoms with Gasteiger partial charge in [-0.3, -0.25) is 0 Å². The Labute approximate surface area is 356 Å². The highest BCUT2D eigenvalue weighted by molar-refractivity contribution is 5.13. The van der Waals surface area contributed by atoms with Gasteiger partial charge in [-0.2, -0.15) is 0 Å². The Morgan fingerprint density at radius 2 is 0.611 bits per heavy atom. The van der Waals surface area contributed by atoms with Crippen LogP contribution in [-0.2, 0) is 13.1 Å². The van der Waals surface area contributed by atoms with E-state index in [0.717, 1.165) is 50.6 Å². The van der Waals surface area contributed by atoms with Crippen molar-refractivity contribution < 1.29 is 52.6 Å². The van der Waals surface area contributed by atoms with Crippen LogP contribution in [0.5, 0.6) is 11.5 Å². The summed E-state index contributed by atoms with van der Waals surface area (Å²) in [6, 6.07) is 8.45. The molecule has 0 aliphatic carbocycles. The van der Waals surface area contributed by atoms with Gasteiger partial charge >= 0.3 is 0 Å². The number of hydrogen-bond acceptors (Lipinski definition) is 2. The summed E-state index contributed by atoms with van der Waals surface area (Å²) >= 11 is 0. The first-order valence-electron chi connectivity index (χ1n) is 23.1. The molecule has 0 spiro atoms. The third-order valence-electron chi connectivity index (χ3n) is 10.8. The number of rotatable bonds is 39. The number of pyridine rings is 2. The van der Waals surface area contributed by atoms with Gasteiger partial charge in [-0.05, 0) is 50.7 Å². The second-order valence-electron chi connectivity index (χ2n) is 15.9. The molecule has 2 aromatic rings. The smallest absolute Gasteiger partial charge is 0.211 e. The summed E-state index contributed by atoms with van der Waals surface area (Å²) in [7, 11) is 0. The molecule has 0 fully saturated rings. The van der Waals surface area contributed by atoms with Gasteiger partial charge in [0.15, 0.2) is 23.9 Å². The predicted molar refractivity (Wildman–Crippen MR) is 223 cm³/mol. The molecule has 0 radical (unpaired) electrons. The van der Waals surface area contributed by atoms with Crippen LogP contribution in [-0.4, -0.2) is 13.2 Å². The first-order valence-corrected chi connectivity index (χ1v) is 23.1. The highest BCUT2D eigenvalue weighted by atomic mass is 79.9. The lowest BCUT2D eigenvalue weighted by Gasteiger charge is -2.07. The van der Waals surface area contributed by atoms with E-state index in [0.29, 0.717) is 0 Å². The van der Waals surface area contributed by atoms with Crippen molar-refractivity contribution in [2.75, 3.05) is 13.2 Å². The van der Waals surface area contributed by atoms with Crippen LogP contribution in [0.15, 0.2) is 49.1 Å². The van der Waals surface area contributed by atoms with E-state index in [1.165, 1.54) is 193 Å². The fourth-order valence-corrected chi connectivity index (χ4v) is 7.36. The molecule has 0 atom stereocenters. The predicted octanol–water partition coefficient (Wildman–Crippen LogP) is 8.25. The van der Waals surface area contributed by atoms with E-state index in [1.54, 1.807) is 0 Å². The number of halogens is 2. The van der Waals surface area contributed by atoms with Crippen LogP contribution < -0.4 is 52.6 Å². The van der Waals surface area contributed by atoms with E-state index < -0.39 is 0 Å². The van der Waals surface area contributed by atoms with Crippen LogP contribution in [0.1, 0.15) is 219 Å². The highest BCUT2D eigenvalue weighted by Crippen LogP contribution is 2.15. The molecule has 0 aliphatic heterocycles. The summed E-state index contributed by atoms with van der Waals surface area (Å²) in [4.78, 5) is 0. The van der Waals surface area contributed by atoms with Crippen molar-refractivity contribution in [3.63, 3.8) is 0 Å². The van der Waals surface area contributed by atoms with Gasteiger partial charge in [0.05, 0.1) is 13.2 Å². The lowest BCUT2D eigenvalue weighted by Crippen LogP contribution is -3.00. The summed E-state index contributed by atoms with van der Waals surface area (Å²) < 4.78 is 16.8. The van der Waals surface area contributed by atoms with Gasteiger partial charge in [-0.25, -0.2) is 9.13 Å². The first-order chi connectivity index (χ1) is 25.8. The maximum absolute atomic E-state index is 6.09. The first kappa shape index (κ1) is 52.9. The SMILES string of the molecule is CCCCCCCCCCCCCCCC[n+]1cccc(OCCCCCCOc2ccc[n+](CCCCCCCCCCCCCCCC)c2)c1.[Br-].[Br-]. The van der Waals surface area contributed by atoms with Crippen molar-refractivity contribution in [1.29, 1.82) is 0 Å². The number of hydrogen-bond donors (Lipinski definition) is 0. The molecule has 0 N–H and O–H groups in total. The summed E-state index contributed by atoms with van der Waals surface area (Å²) in [5, 5.41) is 0. The lowest BCUT2D eigenvalue weighted by molar-refractivity contribution is -0.697. The Morgan fingerprint density at radius 3 is 0.907 bits per heavy atom. The summed E-state index contributed by atoms with van der Waals surface area (Å²) in [5.41, 5.74) is 0. The molecule has 2 heterocycles. The molecule has 0 saturated carbocycles. The minimum absolute atomic E-state index is 0. The van der Waals surface area contributed by atoms with Gasteiger partial charge in [-0.1, -0.05) is 168 Å². The van der Waals surface area contributed by atoms with Crippen molar-refractivity contribution in [3.8, 4) is 11.5 Å². The number of nitrogens with zero attached hydrogens (tertiary/aromatic N) is 2. The minimum atomic E-state index is 0. The zero-order valence-corrected chi connectivity index (χ0v) is 38.7. The maximum Gasteiger partial charge on any atom is 0.211 e. The monoisotopic (exact) mass is 881 g/mol. The van der Waals surface area contributed by atoms with Gasteiger partial charge < -0.3 is 43.4 Å². The van der Waals surface area contributed by atoms with Crippen molar-refractivity contribution >= 4 is 0 Å². The zero-order chi connectivity index (χ0) is 36.8. The molecule has 0 saturated heterocycles. The second kappa shape index (κ2) is 41.5. The Bertz CT molecular complexity index is 958. The van der Waals surface area contributed by atoms with Crippen LogP contribution in [0.2, 0.25) is 0 Å². The largest absolute Gasteiger partial charge is 1.00 e. The van der Waals surface area contributed by atoms with Crippen LogP contribution >= 0.6 is 0 Å². The number of aryl methyl sites for hydroxylation is 2.